The molecule has 0 radical (unpaired) electrons. The van der Waals surface area contributed by atoms with E-state index in [4.69, 9.17) is 0 Å². The summed E-state index contributed by atoms with van der Waals surface area (Å²) in [5, 5.41) is 12.7. The number of hydrogen-bond acceptors (Lipinski definition) is 3. The summed E-state index contributed by atoms with van der Waals surface area (Å²) in [6.07, 6.45) is 0.616. The van der Waals surface area contributed by atoms with Crippen molar-refractivity contribution in [3.63, 3.8) is 0 Å². The van der Waals surface area contributed by atoms with Crippen molar-refractivity contribution in [1.29, 1.82) is 0 Å². The summed E-state index contributed by atoms with van der Waals surface area (Å²) in [4.78, 5) is 16.8. The van der Waals surface area contributed by atoms with Gasteiger partial charge in [-0.15, -0.1) is 0 Å². The van der Waals surface area contributed by atoms with E-state index in [1.807, 2.05) is 54.3 Å². The number of carbonyl (C=O) groups is 1. The predicted octanol–water partition coefficient (Wildman–Crippen LogP) is 3.66. The van der Waals surface area contributed by atoms with E-state index in [1.54, 1.807) is 0 Å². The third-order valence-corrected chi connectivity index (χ3v) is 5.11. The summed E-state index contributed by atoms with van der Waals surface area (Å²) >= 11 is 0. The summed E-state index contributed by atoms with van der Waals surface area (Å²) in [6, 6.07) is 18.4. The van der Waals surface area contributed by atoms with Gasteiger partial charge in [0.2, 0.25) is 0 Å². The average molecular weight is 367 g/mol. The normalized spacial score (nSPS) is 18.9. The molecule has 2 amide bonds. The molecule has 1 saturated heterocycles. The van der Waals surface area contributed by atoms with Crippen molar-refractivity contribution in [2.24, 2.45) is 0 Å². The van der Waals surface area contributed by atoms with Crippen molar-refractivity contribution >= 4 is 11.7 Å². The number of amides is 2. The summed E-state index contributed by atoms with van der Waals surface area (Å²) < 4.78 is 0. The predicted molar refractivity (Wildman–Crippen MR) is 110 cm³/mol. The van der Waals surface area contributed by atoms with Gasteiger partial charge in [-0.1, -0.05) is 49.4 Å². The van der Waals surface area contributed by atoms with E-state index in [0.717, 1.165) is 29.8 Å². The van der Waals surface area contributed by atoms with Gasteiger partial charge in [0.1, 0.15) is 0 Å². The number of aliphatic hydroxyl groups is 1. The highest BCUT2D eigenvalue weighted by Crippen LogP contribution is 2.21. The van der Waals surface area contributed by atoms with Gasteiger partial charge in [-0.2, -0.15) is 0 Å². The Hall–Kier alpha value is -2.37. The van der Waals surface area contributed by atoms with Crippen LogP contribution in [0.5, 0.6) is 0 Å². The largest absolute Gasteiger partial charge is 0.392 e. The van der Waals surface area contributed by atoms with Gasteiger partial charge in [-0.3, -0.25) is 4.90 Å². The van der Waals surface area contributed by atoms with Crippen LogP contribution in [0.25, 0.3) is 11.1 Å². The minimum atomic E-state index is -0.345. The first-order valence-corrected chi connectivity index (χ1v) is 9.70. The molecule has 3 rings (SSSR count). The zero-order valence-corrected chi connectivity index (χ0v) is 16.1. The fourth-order valence-corrected chi connectivity index (χ4v) is 3.62. The molecule has 2 aromatic carbocycles. The second kappa shape index (κ2) is 9.02. The molecule has 2 atom stereocenters. The number of aliphatic hydroxyl groups excluding tert-OH is 1. The van der Waals surface area contributed by atoms with Crippen molar-refractivity contribution < 1.29 is 9.90 Å². The van der Waals surface area contributed by atoms with Gasteiger partial charge in [0.25, 0.3) is 0 Å². The third-order valence-electron chi connectivity index (χ3n) is 5.11. The number of piperazine rings is 1. The minimum Gasteiger partial charge on any atom is -0.392 e. The Kier molecular flexibility index (Phi) is 6.48. The Bertz CT molecular complexity index is 731. The molecule has 2 N–H and O–H groups in total. The molecule has 0 unspecified atom stereocenters. The van der Waals surface area contributed by atoms with Crippen LogP contribution < -0.4 is 5.32 Å². The maximum absolute atomic E-state index is 12.7. The van der Waals surface area contributed by atoms with Crippen LogP contribution in [0.3, 0.4) is 0 Å². The number of carbonyl (C=O) groups excluding carboxylic acids is 1. The topological polar surface area (TPSA) is 55.8 Å². The van der Waals surface area contributed by atoms with E-state index in [-0.39, 0.29) is 12.1 Å². The minimum absolute atomic E-state index is 0.0578. The van der Waals surface area contributed by atoms with Crippen LogP contribution in [0, 0.1) is 0 Å². The zero-order valence-electron chi connectivity index (χ0n) is 16.1. The average Bonchev–Trinajstić information content (AvgIpc) is 2.69. The van der Waals surface area contributed by atoms with Crippen LogP contribution in [0.15, 0.2) is 54.6 Å². The highest BCUT2D eigenvalue weighted by Gasteiger charge is 2.28. The molecule has 5 heteroatoms. The number of rotatable bonds is 5. The lowest BCUT2D eigenvalue weighted by Gasteiger charge is -2.41. The smallest absolute Gasteiger partial charge is 0.321 e. The number of urea groups is 1. The van der Waals surface area contributed by atoms with Crippen molar-refractivity contribution in [3.8, 4) is 11.1 Å². The van der Waals surface area contributed by atoms with Crippen LogP contribution in [0.4, 0.5) is 10.5 Å². The van der Waals surface area contributed by atoms with Crippen LogP contribution >= 0.6 is 0 Å². The monoisotopic (exact) mass is 367 g/mol. The number of β-amino-alcohol motifs (C(OH)–C–C–N with tert-alkyl or cyclic N) is 1. The number of nitrogens with one attached hydrogen (secondary N) is 1. The van der Waals surface area contributed by atoms with Crippen molar-refractivity contribution in [2.75, 3.05) is 31.5 Å². The van der Waals surface area contributed by atoms with E-state index < -0.39 is 0 Å². The third kappa shape index (κ3) is 5.08. The fraction of sp³-hybridized carbons (Fsp3) is 0.409. The van der Waals surface area contributed by atoms with Crippen molar-refractivity contribution in [1.82, 2.24) is 9.80 Å². The van der Waals surface area contributed by atoms with Crippen LogP contribution in [0.1, 0.15) is 20.3 Å². The number of nitrogens with zero attached hydrogens (tertiary/aromatic N) is 2. The Morgan fingerprint density at radius 1 is 1.11 bits per heavy atom. The van der Waals surface area contributed by atoms with Crippen molar-refractivity contribution in [2.45, 2.75) is 32.4 Å². The Morgan fingerprint density at radius 3 is 2.41 bits per heavy atom. The summed E-state index contributed by atoms with van der Waals surface area (Å²) in [5.74, 6) is 0. The molecular weight excluding hydrogens is 338 g/mol. The number of anilines is 1. The van der Waals surface area contributed by atoms with E-state index in [2.05, 4.69) is 29.3 Å². The maximum atomic E-state index is 12.7. The van der Waals surface area contributed by atoms with E-state index in [1.165, 1.54) is 0 Å². The van der Waals surface area contributed by atoms with Gasteiger partial charge < -0.3 is 15.3 Å². The number of hydrogen-bond donors (Lipinski definition) is 2. The van der Waals surface area contributed by atoms with E-state index >= 15 is 0 Å². The van der Waals surface area contributed by atoms with Crippen molar-refractivity contribution in [3.05, 3.63) is 54.6 Å². The van der Waals surface area contributed by atoms with Gasteiger partial charge >= 0.3 is 6.03 Å². The van der Waals surface area contributed by atoms with Gasteiger partial charge in [-0.25, -0.2) is 4.79 Å². The molecule has 0 spiro atoms. The van der Waals surface area contributed by atoms with Gasteiger partial charge in [-0.05, 0) is 36.6 Å². The summed E-state index contributed by atoms with van der Waals surface area (Å²) in [5.41, 5.74) is 3.10. The SMILES string of the molecule is CC[C@H]1CN(C(=O)Nc2ccc(-c3ccccc3)cc2)CCN1C[C@@H](C)O. The van der Waals surface area contributed by atoms with Crippen LogP contribution in [-0.4, -0.2) is 59.3 Å². The molecule has 1 aliphatic heterocycles. The molecule has 0 aromatic heterocycles. The molecule has 144 valence electrons. The standard InChI is InChI=1S/C22H29N3O2/c1-3-21-16-25(14-13-24(21)15-17(2)26)22(27)23-20-11-9-19(10-12-20)18-7-5-4-6-8-18/h4-12,17,21,26H,3,13-16H2,1-2H3,(H,23,27)/t17-,21+/m1/s1. The lowest BCUT2D eigenvalue weighted by molar-refractivity contribution is 0.0507. The molecule has 0 aliphatic carbocycles. The second-order valence-electron chi connectivity index (χ2n) is 7.23. The molecule has 2 aromatic rings. The first-order chi connectivity index (χ1) is 13.1. The van der Waals surface area contributed by atoms with Gasteiger partial charge in [0.15, 0.2) is 0 Å². The molecule has 0 bridgehead atoms. The lowest BCUT2D eigenvalue weighted by atomic mass is 10.1. The first-order valence-electron chi connectivity index (χ1n) is 9.70. The molecular formula is C22H29N3O2. The van der Waals surface area contributed by atoms with E-state index in [9.17, 15) is 9.90 Å². The number of benzene rings is 2. The van der Waals surface area contributed by atoms with Gasteiger partial charge in [0.05, 0.1) is 6.10 Å². The van der Waals surface area contributed by atoms with Gasteiger partial charge in [0, 0.05) is 37.9 Å². The Morgan fingerprint density at radius 2 is 1.78 bits per heavy atom. The Labute approximate surface area is 161 Å². The molecule has 5 nitrogen and oxygen atoms in total. The van der Waals surface area contributed by atoms with E-state index in [0.29, 0.717) is 25.7 Å². The molecule has 0 saturated carbocycles. The second-order valence-corrected chi connectivity index (χ2v) is 7.23. The highest BCUT2D eigenvalue weighted by molar-refractivity contribution is 5.89. The molecule has 1 aliphatic rings. The first kappa shape index (κ1) is 19.4. The molecule has 1 heterocycles. The summed E-state index contributed by atoms with van der Waals surface area (Å²) in [7, 11) is 0. The quantitative estimate of drug-likeness (QED) is 0.848. The molecule has 1 fully saturated rings. The maximum Gasteiger partial charge on any atom is 0.321 e. The lowest BCUT2D eigenvalue weighted by Crippen LogP contribution is -2.56. The van der Waals surface area contributed by atoms with Crippen LogP contribution in [0.2, 0.25) is 0 Å². The zero-order chi connectivity index (χ0) is 19.2. The highest BCUT2D eigenvalue weighted by atomic mass is 16.3. The fourth-order valence-electron chi connectivity index (χ4n) is 3.62. The Balaban J connectivity index is 1.59. The summed E-state index contributed by atoms with van der Waals surface area (Å²) in [6.45, 7) is 6.77. The van der Waals surface area contributed by atoms with Crippen LogP contribution in [-0.2, 0) is 0 Å². The molecule has 27 heavy (non-hydrogen) atoms.